The zero-order chi connectivity index (χ0) is 20.7. The Kier molecular flexibility index (Phi) is 4.63. The molecule has 154 valence electrons. The highest BCUT2D eigenvalue weighted by molar-refractivity contribution is 7.10. The lowest BCUT2D eigenvalue weighted by molar-refractivity contribution is 0.218. The van der Waals surface area contributed by atoms with E-state index in [-0.39, 0.29) is 18.1 Å². The van der Waals surface area contributed by atoms with E-state index in [2.05, 4.69) is 36.0 Å². The minimum Gasteiger partial charge on any atom is -0.466 e. The van der Waals surface area contributed by atoms with E-state index in [1.807, 2.05) is 17.2 Å². The number of nitriles is 1. The molecule has 2 fully saturated rings. The number of methoxy groups -OCH3 is 1. The Labute approximate surface area is 176 Å². The molecule has 3 aromatic heterocycles. The summed E-state index contributed by atoms with van der Waals surface area (Å²) in [5.74, 6) is 0.873. The predicted octanol–water partition coefficient (Wildman–Crippen LogP) is 2.65. The summed E-state index contributed by atoms with van der Waals surface area (Å²) >= 11 is 1.10. The number of amides is 2. The van der Waals surface area contributed by atoms with Gasteiger partial charge in [-0.15, -0.1) is 4.37 Å². The van der Waals surface area contributed by atoms with E-state index in [9.17, 15) is 10.1 Å². The maximum Gasteiger partial charge on any atom is 0.329 e. The van der Waals surface area contributed by atoms with Gasteiger partial charge in [0.2, 0.25) is 5.13 Å². The van der Waals surface area contributed by atoms with E-state index in [1.165, 1.54) is 7.11 Å². The van der Waals surface area contributed by atoms with Crippen LogP contribution in [0.15, 0.2) is 18.5 Å². The van der Waals surface area contributed by atoms with Crippen LogP contribution >= 0.6 is 11.5 Å². The Morgan fingerprint density at radius 2 is 2.20 bits per heavy atom. The van der Waals surface area contributed by atoms with Crippen LogP contribution < -0.4 is 15.4 Å². The van der Waals surface area contributed by atoms with Crippen LogP contribution in [0.2, 0.25) is 0 Å². The molecule has 10 nitrogen and oxygen atoms in total. The van der Waals surface area contributed by atoms with Gasteiger partial charge in [-0.3, -0.25) is 5.32 Å². The van der Waals surface area contributed by atoms with Crippen molar-refractivity contribution >= 4 is 39.4 Å². The second kappa shape index (κ2) is 7.46. The lowest BCUT2D eigenvalue weighted by Crippen LogP contribution is -2.34. The summed E-state index contributed by atoms with van der Waals surface area (Å²) in [7, 11) is 1.49. The molecular formula is C19H20N8O2S. The highest BCUT2D eigenvalue weighted by Gasteiger charge is 2.42. The lowest BCUT2D eigenvalue weighted by atomic mass is 10.0. The molecule has 1 unspecified atom stereocenters. The van der Waals surface area contributed by atoms with E-state index < -0.39 is 0 Å². The maximum absolute atomic E-state index is 12.6. The molecule has 1 saturated heterocycles. The summed E-state index contributed by atoms with van der Waals surface area (Å²) in [5, 5.41) is 17.2. The number of likely N-dealkylation sites (tertiary alicyclic amines) is 1. The first-order valence-corrected chi connectivity index (χ1v) is 10.5. The molecule has 1 aliphatic carbocycles. The molecule has 11 heteroatoms. The SMILES string of the molecule is COc1nsc(NC(=O)N2C[C@H]3CC(Nc4c(C#N)cnc5[nH]ccc45)C[C@H]3C2)n1. The lowest BCUT2D eigenvalue weighted by Gasteiger charge is -2.21. The van der Waals surface area contributed by atoms with Crippen molar-refractivity contribution in [3.05, 3.63) is 24.0 Å². The number of hydrogen-bond donors (Lipinski definition) is 3. The topological polar surface area (TPSA) is 132 Å². The fourth-order valence-electron chi connectivity index (χ4n) is 4.55. The van der Waals surface area contributed by atoms with Gasteiger partial charge in [-0.05, 0) is 30.7 Å². The number of hydrogen-bond acceptors (Lipinski definition) is 8. The van der Waals surface area contributed by atoms with Gasteiger partial charge in [0.05, 0.1) is 18.4 Å². The largest absolute Gasteiger partial charge is 0.466 e. The number of rotatable bonds is 4. The van der Waals surface area contributed by atoms with Crippen LogP contribution in [0.5, 0.6) is 6.01 Å². The number of carbonyl (C=O) groups is 1. The molecule has 5 rings (SSSR count). The van der Waals surface area contributed by atoms with Crippen molar-refractivity contribution < 1.29 is 9.53 Å². The average molecular weight is 424 g/mol. The fraction of sp³-hybridized carbons (Fsp3) is 0.421. The van der Waals surface area contributed by atoms with Crippen molar-refractivity contribution in [3.63, 3.8) is 0 Å². The van der Waals surface area contributed by atoms with Gasteiger partial charge >= 0.3 is 12.0 Å². The first kappa shape index (κ1) is 18.6. The van der Waals surface area contributed by atoms with Crippen molar-refractivity contribution in [2.45, 2.75) is 18.9 Å². The summed E-state index contributed by atoms with van der Waals surface area (Å²) in [4.78, 5) is 25.9. The number of nitrogens with one attached hydrogen (secondary N) is 3. The summed E-state index contributed by atoms with van der Waals surface area (Å²) < 4.78 is 8.94. The molecule has 30 heavy (non-hydrogen) atoms. The molecule has 3 N–H and O–H groups in total. The Morgan fingerprint density at radius 3 is 2.90 bits per heavy atom. The van der Waals surface area contributed by atoms with Crippen molar-refractivity contribution in [1.82, 2.24) is 24.2 Å². The van der Waals surface area contributed by atoms with E-state index in [0.717, 1.165) is 41.1 Å². The second-order valence-corrected chi connectivity index (χ2v) is 8.40. The quantitative estimate of drug-likeness (QED) is 0.586. The van der Waals surface area contributed by atoms with Crippen LogP contribution in [0.3, 0.4) is 0 Å². The first-order valence-electron chi connectivity index (χ1n) is 9.71. The number of H-pyrrole nitrogens is 1. The number of aromatic amines is 1. The zero-order valence-corrected chi connectivity index (χ0v) is 17.1. The van der Waals surface area contributed by atoms with Gasteiger partial charge < -0.3 is 19.9 Å². The van der Waals surface area contributed by atoms with E-state index in [4.69, 9.17) is 4.74 Å². The van der Waals surface area contributed by atoms with Crippen molar-refractivity contribution in [1.29, 1.82) is 5.26 Å². The summed E-state index contributed by atoms with van der Waals surface area (Å²) in [6.07, 6.45) is 5.35. The molecule has 1 aliphatic heterocycles. The molecule has 0 aromatic carbocycles. The molecular weight excluding hydrogens is 404 g/mol. The van der Waals surface area contributed by atoms with Crippen LogP contribution in [0.4, 0.5) is 15.6 Å². The maximum atomic E-state index is 12.6. The van der Waals surface area contributed by atoms with Crippen LogP contribution in [0.25, 0.3) is 11.0 Å². The fourth-order valence-corrected chi connectivity index (χ4v) is 5.08. The average Bonchev–Trinajstić information content (AvgIpc) is 3.51. The van der Waals surface area contributed by atoms with Gasteiger partial charge in [-0.2, -0.15) is 10.2 Å². The van der Waals surface area contributed by atoms with Gasteiger partial charge in [-0.25, -0.2) is 9.78 Å². The Bertz CT molecular complexity index is 1120. The summed E-state index contributed by atoms with van der Waals surface area (Å²) in [6, 6.07) is 4.55. The number of urea groups is 1. The summed E-state index contributed by atoms with van der Waals surface area (Å²) in [6.45, 7) is 1.43. The van der Waals surface area contributed by atoms with Gasteiger partial charge in [0.1, 0.15) is 11.7 Å². The molecule has 0 spiro atoms. The number of anilines is 2. The monoisotopic (exact) mass is 424 g/mol. The van der Waals surface area contributed by atoms with Gasteiger partial charge in [0.25, 0.3) is 0 Å². The van der Waals surface area contributed by atoms with Crippen molar-refractivity contribution in [2.75, 3.05) is 30.8 Å². The van der Waals surface area contributed by atoms with Gasteiger partial charge in [0, 0.05) is 48.4 Å². The third kappa shape index (κ3) is 3.29. The van der Waals surface area contributed by atoms with Crippen LogP contribution in [0.1, 0.15) is 18.4 Å². The molecule has 1 saturated carbocycles. The number of aromatic nitrogens is 4. The van der Waals surface area contributed by atoms with Crippen LogP contribution in [-0.2, 0) is 0 Å². The summed E-state index contributed by atoms with van der Waals surface area (Å²) in [5.41, 5.74) is 2.16. The molecule has 3 atom stereocenters. The predicted molar refractivity (Wildman–Crippen MR) is 111 cm³/mol. The first-order chi connectivity index (χ1) is 14.6. The molecule has 4 heterocycles. The van der Waals surface area contributed by atoms with Gasteiger partial charge in [-0.1, -0.05) is 0 Å². The van der Waals surface area contributed by atoms with E-state index in [1.54, 1.807) is 6.20 Å². The molecule has 2 aliphatic rings. The molecule has 3 aromatic rings. The number of ether oxygens (including phenoxy) is 1. The van der Waals surface area contributed by atoms with Crippen molar-refractivity contribution in [3.8, 4) is 12.1 Å². The normalized spacial score (nSPS) is 22.7. The Morgan fingerprint density at radius 1 is 1.40 bits per heavy atom. The number of nitrogens with zero attached hydrogens (tertiary/aromatic N) is 5. The molecule has 2 amide bonds. The zero-order valence-electron chi connectivity index (χ0n) is 16.3. The van der Waals surface area contributed by atoms with Gasteiger partial charge in [0.15, 0.2) is 0 Å². The third-order valence-corrected chi connectivity index (χ3v) is 6.51. The second-order valence-electron chi connectivity index (χ2n) is 7.65. The third-order valence-electron chi connectivity index (χ3n) is 5.90. The Hall–Kier alpha value is -3.39. The highest BCUT2D eigenvalue weighted by atomic mass is 32.1. The molecule has 0 radical (unpaired) electrons. The number of fused-ring (bicyclic) bond motifs is 2. The number of carbonyl (C=O) groups excluding carboxylic acids is 1. The van der Waals surface area contributed by atoms with E-state index in [0.29, 0.717) is 35.6 Å². The number of pyridine rings is 1. The van der Waals surface area contributed by atoms with Crippen LogP contribution in [0, 0.1) is 23.2 Å². The smallest absolute Gasteiger partial charge is 0.329 e. The minimum atomic E-state index is -0.150. The standard InChI is InChI=1S/C19H20N8O2S/c1-29-17-24-18(30-26-17)25-19(28)27-8-10-4-13(5-11(10)9-27)23-15-12(6-20)7-22-16-14(15)2-3-21-16/h2-3,7,10-11,13H,4-5,8-9H2,1H3,(H2,21,22,23)(H,24,25,26,28)/t10-,11+,13?. The van der Waals surface area contributed by atoms with E-state index >= 15 is 0 Å². The van der Waals surface area contributed by atoms with Crippen molar-refractivity contribution in [2.24, 2.45) is 11.8 Å². The van der Waals surface area contributed by atoms with Crippen LogP contribution in [-0.4, -0.2) is 56.5 Å². The highest BCUT2D eigenvalue weighted by Crippen LogP contribution is 2.40. The Balaban J connectivity index is 1.22. The molecule has 0 bridgehead atoms. The minimum absolute atomic E-state index is 0.150.